The second-order valence-corrected chi connectivity index (χ2v) is 5.56. The fourth-order valence-electron chi connectivity index (χ4n) is 3.43. The summed E-state index contributed by atoms with van der Waals surface area (Å²) >= 11 is 0. The largest absolute Gasteiger partial charge is 0.349 e. The number of hydrogen-bond donors (Lipinski definition) is 1. The number of non-ortho nitro benzene ring substituents is 1. The van der Waals surface area contributed by atoms with Gasteiger partial charge in [-0.15, -0.1) is 0 Å². The van der Waals surface area contributed by atoms with Crippen LogP contribution in [0.3, 0.4) is 0 Å². The van der Waals surface area contributed by atoms with Gasteiger partial charge in [0, 0.05) is 23.7 Å². The lowest BCUT2D eigenvalue weighted by atomic mass is 9.95. The van der Waals surface area contributed by atoms with Gasteiger partial charge in [0.2, 0.25) is 0 Å². The van der Waals surface area contributed by atoms with Gasteiger partial charge in [-0.2, -0.15) is 0 Å². The maximum Gasteiger partial charge on any atom is 0.270 e. The average Bonchev–Trinajstić information content (AvgIpc) is 3.01. The third-order valence-corrected chi connectivity index (χ3v) is 4.37. The van der Waals surface area contributed by atoms with E-state index in [0.717, 1.165) is 12.3 Å². The average molecular weight is 260 g/mol. The Morgan fingerprint density at radius 2 is 2.16 bits per heavy atom. The minimum Gasteiger partial charge on any atom is -0.349 e. The Kier molecular flexibility index (Phi) is 2.97. The number of nitro benzene ring substituents is 1. The summed E-state index contributed by atoms with van der Waals surface area (Å²) in [6.07, 6.45) is 4.77. The van der Waals surface area contributed by atoms with Crippen molar-refractivity contribution in [3.8, 4) is 0 Å². The van der Waals surface area contributed by atoms with Gasteiger partial charge in [-0.3, -0.25) is 14.9 Å². The molecule has 100 valence electrons. The normalized spacial score (nSPS) is 28.3. The molecule has 5 nitrogen and oxygen atoms in total. The van der Waals surface area contributed by atoms with E-state index in [4.69, 9.17) is 0 Å². The van der Waals surface area contributed by atoms with Crippen LogP contribution < -0.4 is 5.32 Å². The molecule has 0 saturated heterocycles. The predicted molar refractivity (Wildman–Crippen MR) is 69.8 cm³/mol. The summed E-state index contributed by atoms with van der Waals surface area (Å²) in [5, 5.41) is 13.7. The molecule has 0 spiro atoms. The number of benzene rings is 1. The number of carbonyl (C=O) groups excluding carboxylic acids is 1. The van der Waals surface area contributed by atoms with Gasteiger partial charge in [0.15, 0.2) is 0 Å². The van der Waals surface area contributed by atoms with E-state index in [1.807, 2.05) is 0 Å². The van der Waals surface area contributed by atoms with Gasteiger partial charge in [0.25, 0.3) is 11.6 Å². The summed E-state index contributed by atoms with van der Waals surface area (Å²) in [5.74, 6) is 1.18. The number of nitro groups is 1. The van der Waals surface area contributed by atoms with Gasteiger partial charge in [-0.1, -0.05) is 12.5 Å². The molecular weight excluding hydrogens is 244 g/mol. The van der Waals surface area contributed by atoms with Crippen LogP contribution in [0.4, 0.5) is 5.69 Å². The summed E-state index contributed by atoms with van der Waals surface area (Å²) in [4.78, 5) is 22.3. The number of amides is 1. The highest BCUT2D eigenvalue weighted by atomic mass is 16.6. The Bertz CT molecular complexity index is 529. The third-order valence-electron chi connectivity index (χ3n) is 4.37. The molecule has 2 aliphatic rings. The number of carbonyl (C=O) groups is 1. The predicted octanol–water partition coefficient (Wildman–Crippen LogP) is 2.51. The van der Waals surface area contributed by atoms with Crippen LogP contribution >= 0.6 is 0 Å². The van der Waals surface area contributed by atoms with Gasteiger partial charge < -0.3 is 5.32 Å². The summed E-state index contributed by atoms with van der Waals surface area (Å²) in [5.41, 5.74) is 0.331. The lowest BCUT2D eigenvalue weighted by molar-refractivity contribution is -0.384. The van der Waals surface area contributed by atoms with E-state index in [1.54, 1.807) is 12.1 Å². The number of fused-ring (bicyclic) bond motifs is 2. The maximum absolute atomic E-state index is 12.1. The monoisotopic (exact) mass is 260 g/mol. The van der Waals surface area contributed by atoms with E-state index in [-0.39, 0.29) is 17.6 Å². The molecule has 1 amide bonds. The molecule has 0 radical (unpaired) electrons. The second-order valence-electron chi connectivity index (χ2n) is 5.56. The molecule has 19 heavy (non-hydrogen) atoms. The quantitative estimate of drug-likeness (QED) is 0.670. The highest BCUT2D eigenvalue weighted by molar-refractivity contribution is 5.95. The SMILES string of the molecule is O=C(N[C@H]1C[C@H]2CC[C@H]1C2)c1cccc([N+](=O)[O-])c1. The Morgan fingerprint density at radius 3 is 2.79 bits per heavy atom. The van der Waals surface area contributed by atoms with Crippen LogP contribution in [0.25, 0.3) is 0 Å². The second kappa shape index (κ2) is 4.64. The van der Waals surface area contributed by atoms with E-state index >= 15 is 0 Å². The van der Waals surface area contributed by atoms with E-state index in [9.17, 15) is 14.9 Å². The van der Waals surface area contributed by atoms with Crippen LogP contribution in [0.15, 0.2) is 24.3 Å². The van der Waals surface area contributed by atoms with Crippen molar-refractivity contribution in [1.29, 1.82) is 0 Å². The molecule has 1 aromatic rings. The van der Waals surface area contributed by atoms with Crippen LogP contribution in [-0.2, 0) is 0 Å². The molecule has 2 aliphatic carbocycles. The van der Waals surface area contributed by atoms with E-state index in [0.29, 0.717) is 11.5 Å². The molecule has 2 bridgehead atoms. The lowest BCUT2D eigenvalue weighted by Gasteiger charge is -2.22. The highest BCUT2D eigenvalue weighted by Crippen LogP contribution is 2.44. The molecule has 0 aromatic heterocycles. The van der Waals surface area contributed by atoms with Crippen LogP contribution in [0.5, 0.6) is 0 Å². The topological polar surface area (TPSA) is 72.2 Å². The first-order valence-corrected chi connectivity index (χ1v) is 6.69. The third kappa shape index (κ3) is 2.32. The molecule has 1 aromatic carbocycles. The Hall–Kier alpha value is -1.91. The minimum absolute atomic E-state index is 0.0411. The summed E-state index contributed by atoms with van der Waals surface area (Å²) in [7, 11) is 0. The zero-order valence-corrected chi connectivity index (χ0v) is 10.5. The first-order valence-electron chi connectivity index (χ1n) is 6.69. The Morgan fingerprint density at radius 1 is 1.32 bits per heavy atom. The van der Waals surface area contributed by atoms with Gasteiger partial charge in [-0.05, 0) is 37.2 Å². The smallest absolute Gasteiger partial charge is 0.270 e. The fraction of sp³-hybridized carbons (Fsp3) is 0.500. The molecule has 0 unspecified atom stereocenters. The summed E-state index contributed by atoms with van der Waals surface area (Å²) in [6, 6.07) is 6.16. The van der Waals surface area contributed by atoms with Crippen LogP contribution in [0.1, 0.15) is 36.0 Å². The van der Waals surface area contributed by atoms with Crippen molar-refractivity contribution in [2.45, 2.75) is 31.7 Å². The van der Waals surface area contributed by atoms with Crippen molar-refractivity contribution in [2.24, 2.45) is 11.8 Å². The Labute approximate surface area is 111 Å². The minimum atomic E-state index is -0.478. The van der Waals surface area contributed by atoms with Crippen molar-refractivity contribution in [3.05, 3.63) is 39.9 Å². The first-order chi connectivity index (χ1) is 9.13. The van der Waals surface area contributed by atoms with E-state index in [1.165, 1.54) is 31.4 Å². The van der Waals surface area contributed by atoms with Crippen LogP contribution in [-0.4, -0.2) is 16.9 Å². The van der Waals surface area contributed by atoms with Crippen molar-refractivity contribution in [2.75, 3.05) is 0 Å². The summed E-state index contributed by atoms with van der Waals surface area (Å²) in [6.45, 7) is 0. The van der Waals surface area contributed by atoms with Gasteiger partial charge in [0.05, 0.1) is 4.92 Å². The molecule has 3 rings (SSSR count). The fourth-order valence-corrected chi connectivity index (χ4v) is 3.43. The summed E-state index contributed by atoms with van der Waals surface area (Å²) < 4.78 is 0. The number of hydrogen-bond acceptors (Lipinski definition) is 3. The standard InChI is InChI=1S/C14H16N2O3/c17-14(11-2-1-3-12(8-11)16(18)19)15-13-7-9-4-5-10(13)6-9/h1-3,8-10,13H,4-7H2,(H,15,17)/t9-,10-,13-/m0/s1. The van der Waals surface area contributed by atoms with Crippen LogP contribution in [0, 0.1) is 22.0 Å². The van der Waals surface area contributed by atoms with E-state index in [2.05, 4.69) is 5.32 Å². The molecule has 3 atom stereocenters. The molecule has 1 N–H and O–H groups in total. The van der Waals surface area contributed by atoms with Crippen LogP contribution in [0.2, 0.25) is 0 Å². The zero-order valence-electron chi connectivity index (χ0n) is 10.5. The molecule has 2 fully saturated rings. The molecule has 2 saturated carbocycles. The van der Waals surface area contributed by atoms with Crippen molar-refractivity contribution >= 4 is 11.6 Å². The number of rotatable bonds is 3. The lowest BCUT2D eigenvalue weighted by Crippen LogP contribution is -2.38. The van der Waals surface area contributed by atoms with E-state index < -0.39 is 4.92 Å². The molecule has 5 heteroatoms. The molecular formula is C14H16N2O3. The number of nitrogens with one attached hydrogen (secondary N) is 1. The van der Waals surface area contributed by atoms with Gasteiger partial charge >= 0.3 is 0 Å². The zero-order chi connectivity index (χ0) is 13.4. The van der Waals surface area contributed by atoms with Crippen molar-refractivity contribution < 1.29 is 9.72 Å². The van der Waals surface area contributed by atoms with Gasteiger partial charge in [-0.25, -0.2) is 0 Å². The molecule has 0 aliphatic heterocycles. The van der Waals surface area contributed by atoms with Gasteiger partial charge in [0.1, 0.15) is 0 Å². The maximum atomic E-state index is 12.1. The molecule has 0 heterocycles. The number of nitrogens with zero attached hydrogens (tertiary/aromatic N) is 1. The van der Waals surface area contributed by atoms with Crippen molar-refractivity contribution in [1.82, 2.24) is 5.32 Å². The first kappa shape index (κ1) is 12.1. The highest BCUT2D eigenvalue weighted by Gasteiger charge is 2.40. The Balaban J connectivity index is 1.70. The van der Waals surface area contributed by atoms with Crippen molar-refractivity contribution in [3.63, 3.8) is 0 Å².